The number of rotatable bonds is 6. The molecule has 0 spiro atoms. The summed E-state index contributed by atoms with van der Waals surface area (Å²) in [4.78, 5) is 12.9. The Bertz CT molecular complexity index is 401. The van der Waals surface area contributed by atoms with Crippen LogP contribution in [0.15, 0.2) is 29.2 Å². The van der Waals surface area contributed by atoms with Crippen LogP contribution in [0.2, 0.25) is 0 Å². The normalized spacial score (nSPS) is 16.3. The molecule has 0 aromatic heterocycles. The van der Waals surface area contributed by atoms with Crippen LogP contribution in [0.5, 0.6) is 0 Å². The molecule has 1 amide bonds. The molecule has 2 rings (SSSR count). The lowest BCUT2D eigenvalue weighted by Gasteiger charge is -2.15. The minimum atomic E-state index is 0.0643. The molecule has 0 aliphatic heterocycles. The van der Waals surface area contributed by atoms with E-state index in [2.05, 4.69) is 41.2 Å². The van der Waals surface area contributed by atoms with Gasteiger partial charge in [-0.1, -0.05) is 12.1 Å². The summed E-state index contributed by atoms with van der Waals surface area (Å²) in [5, 5.41) is 6.22. The van der Waals surface area contributed by atoms with Crippen molar-refractivity contribution in [1.82, 2.24) is 10.6 Å². The molecule has 1 aliphatic carbocycles. The first kappa shape index (κ1) is 13.4. The lowest BCUT2D eigenvalue weighted by Crippen LogP contribution is -2.36. The van der Waals surface area contributed by atoms with E-state index in [1.54, 1.807) is 11.8 Å². The molecule has 98 valence electrons. The fourth-order valence-corrected chi connectivity index (χ4v) is 2.20. The highest BCUT2D eigenvalue weighted by Gasteiger charge is 2.21. The van der Waals surface area contributed by atoms with Crippen molar-refractivity contribution in [3.8, 4) is 0 Å². The van der Waals surface area contributed by atoms with Gasteiger partial charge in [0.05, 0.1) is 12.6 Å². The molecule has 1 fully saturated rings. The highest BCUT2D eigenvalue weighted by molar-refractivity contribution is 7.98. The molecule has 3 nitrogen and oxygen atoms in total. The van der Waals surface area contributed by atoms with E-state index in [9.17, 15) is 4.79 Å². The third kappa shape index (κ3) is 4.03. The molecule has 1 atom stereocenters. The predicted octanol–water partition coefficient (Wildman–Crippen LogP) is 2.34. The maximum absolute atomic E-state index is 11.7. The molecule has 4 heteroatoms. The highest BCUT2D eigenvalue weighted by atomic mass is 32.2. The molecule has 0 bridgehead atoms. The lowest BCUT2D eigenvalue weighted by molar-refractivity contribution is -0.120. The number of nitrogens with one attached hydrogen (secondary N) is 2. The van der Waals surface area contributed by atoms with Crippen LogP contribution < -0.4 is 10.6 Å². The van der Waals surface area contributed by atoms with E-state index in [0.717, 1.165) is 5.56 Å². The molecule has 1 unspecified atom stereocenters. The molecule has 1 saturated carbocycles. The fourth-order valence-electron chi connectivity index (χ4n) is 1.79. The Balaban J connectivity index is 1.81. The van der Waals surface area contributed by atoms with Crippen LogP contribution in [-0.2, 0) is 4.79 Å². The van der Waals surface area contributed by atoms with Crippen molar-refractivity contribution in [2.75, 3.05) is 12.8 Å². The SMILES string of the molecule is CSc1ccc(C(C)NC(=O)CNC2CC2)cc1. The Morgan fingerprint density at radius 2 is 2.06 bits per heavy atom. The monoisotopic (exact) mass is 264 g/mol. The van der Waals surface area contributed by atoms with Crippen LogP contribution in [0.3, 0.4) is 0 Å². The molecule has 2 N–H and O–H groups in total. The number of carbonyl (C=O) groups is 1. The van der Waals surface area contributed by atoms with Gasteiger partial charge in [-0.2, -0.15) is 0 Å². The maximum atomic E-state index is 11.7. The highest BCUT2D eigenvalue weighted by Crippen LogP contribution is 2.19. The van der Waals surface area contributed by atoms with Gasteiger partial charge in [-0.15, -0.1) is 11.8 Å². The molecule has 1 aromatic carbocycles. The minimum Gasteiger partial charge on any atom is -0.348 e. The van der Waals surface area contributed by atoms with Crippen molar-refractivity contribution >= 4 is 17.7 Å². The van der Waals surface area contributed by atoms with E-state index < -0.39 is 0 Å². The summed E-state index contributed by atoms with van der Waals surface area (Å²) in [6.45, 7) is 2.45. The number of benzene rings is 1. The molecule has 18 heavy (non-hydrogen) atoms. The first-order chi connectivity index (χ1) is 8.69. The van der Waals surface area contributed by atoms with Gasteiger partial charge < -0.3 is 10.6 Å². The Labute approximate surface area is 113 Å². The lowest BCUT2D eigenvalue weighted by atomic mass is 10.1. The van der Waals surface area contributed by atoms with Gasteiger partial charge in [0.15, 0.2) is 0 Å². The molecule has 1 aromatic rings. The van der Waals surface area contributed by atoms with Crippen LogP contribution in [0.1, 0.15) is 31.4 Å². The molecular formula is C14H20N2OS. The van der Waals surface area contributed by atoms with E-state index in [0.29, 0.717) is 12.6 Å². The summed E-state index contributed by atoms with van der Waals surface area (Å²) < 4.78 is 0. The number of thioether (sulfide) groups is 1. The Morgan fingerprint density at radius 3 is 2.61 bits per heavy atom. The second-order valence-electron chi connectivity index (χ2n) is 4.72. The third-order valence-corrected chi connectivity index (χ3v) is 3.87. The summed E-state index contributed by atoms with van der Waals surface area (Å²) in [6, 6.07) is 8.97. The van der Waals surface area contributed by atoms with Crippen molar-refractivity contribution in [1.29, 1.82) is 0 Å². The zero-order chi connectivity index (χ0) is 13.0. The summed E-state index contributed by atoms with van der Waals surface area (Å²) >= 11 is 1.72. The van der Waals surface area contributed by atoms with E-state index in [-0.39, 0.29) is 11.9 Å². The third-order valence-electron chi connectivity index (χ3n) is 3.12. The zero-order valence-electron chi connectivity index (χ0n) is 10.9. The summed E-state index contributed by atoms with van der Waals surface area (Å²) in [5.74, 6) is 0.0725. The predicted molar refractivity (Wildman–Crippen MR) is 75.8 cm³/mol. The van der Waals surface area contributed by atoms with Crippen LogP contribution in [-0.4, -0.2) is 24.7 Å². The van der Waals surface area contributed by atoms with E-state index in [1.807, 2.05) is 6.92 Å². The number of hydrogen-bond donors (Lipinski definition) is 2. The van der Waals surface area contributed by atoms with Crippen molar-refractivity contribution in [3.05, 3.63) is 29.8 Å². The molecule has 1 aliphatic rings. The summed E-state index contributed by atoms with van der Waals surface area (Å²) in [7, 11) is 0. The Kier molecular flexibility index (Phi) is 4.66. The van der Waals surface area contributed by atoms with Crippen LogP contribution in [0.4, 0.5) is 0 Å². The Hall–Kier alpha value is -1.00. The first-order valence-electron chi connectivity index (χ1n) is 6.35. The van der Waals surface area contributed by atoms with Crippen molar-refractivity contribution < 1.29 is 4.79 Å². The van der Waals surface area contributed by atoms with Crippen LogP contribution >= 0.6 is 11.8 Å². The number of carbonyl (C=O) groups excluding carboxylic acids is 1. The van der Waals surface area contributed by atoms with Gasteiger partial charge in [0.25, 0.3) is 0 Å². The largest absolute Gasteiger partial charge is 0.348 e. The average Bonchev–Trinajstić information content (AvgIpc) is 3.20. The van der Waals surface area contributed by atoms with Crippen molar-refractivity contribution in [2.24, 2.45) is 0 Å². The van der Waals surface area contributed by atoms with E-state index in [4.69, 9.17) is 0 Å². The van der Waals surface area contributed by atoms with Gasteiger partial charge in [0.1, 0.15) is 0 Å². The molecule has 0 saturated heterocycles. The topological polar surface area (TPSA) is 41.1 Å². The van der Waals surface area contributed by atoms with Gasteiger partial charge in [0.2, 0.25) is 5.91 Å². The summed E-state index contributed by atoms with van der Waals surface area (Å²) in [5.41, 5.74) is 1.15. The van der Waals surface area contributed by atoms with Crippen LogP contribution in [0, 0.1) is 0 Å². The zero-order valence-corrected chi connectivity index (χ0v) is 11.7. The number of hydrogen-bond acceptors (Lipinski definition) is 3. The van der Waals surface area contributed by atoms with E-state index >= 15 is 0 Å². The minimum absolute atomic E-state index is 0.0643. The second kappa shape index (κ2) is 6.25. The van der Waals surface area contributed by atoms with Gasteiger partial charge in [0, 0.05) is 10.9 Å². The summed E-state index contributed by atoms with van der Waals surface area (Å²) in [6.07, 6.45) is 4.47. The number of amides is 1. The Morgan fingerprint density at radius 1 is 1.39 bits per heavy atom. The quantitative estimate of drug-likeness (QED) is 0.775. The fraction of sp³-hybridized carbons (Fsp3) is 0.500. The molecule has 0 radical (unpaired) electrons. The molecule has 0 heterocycles. The smallest absolute Gasteiger partial charge is 0.234 e. The van der Waals surface area contributed by atoms with Crippen LogP contribution in [0.25, 0.3) is 0 Å². The maximum Gasteiger partial charge on any atom is 0.234 e. The van der Waals surface area contributed by atoms with E-state index in [1.165, 1.54) is 17.7 Å². The van der Waals surface area contributed by atoms with Gasteiger partial charge >= 0.3 is 0 Å². The van der Waals surface area contributed by atoms with Gasteiger partial charge in [-0.3, -0.25) is 4.79 Å². The van der Waals surface area contributed by atoms with Gasteiger partial charge in [-0.05, 0) is 43.7 Å². The van der Waals surface area contributed by atoms with Crippen molar-refractivity contribution in [2.45, 2.75) is 36.7 Å². The first-order valence-corrected chi connectivity index (χ1v) is 7.58. The average molecular weight is 264 g/mol. The molecular weight excluding hydrogens is 244 g/mol. The second-order valence-corrected chi connectivity index (χ2v) is 5.60. The van der Waals surface area contributed by atoms with Gasteiger partial charge in [-0.25, -0.2) is 0 Å². The standard InChI is InChI=1S/C14H20N2OS/c1-10(11-3-7-13(18-2)8-4-11)16-14(17)9-15-12-5-6-12/h3-4,7-8,10,12,15H,5-6,9H2,1-2H3,(H,16,17). The van der Waals surface area contributed by atoms with Crippen molar-refractivity contribution in [3.63, 3.8) is 0 Å².